The molecule has 0 amide bonds. The first-order valence-electron chi connectivity index (χ1n) is 6.56. The van der Waals surface area contributed by atoms with E-state index in [1.165, 1.54) is 0 Å². The fourth-order valence-corrected chi connectivity index (χ4v) is 2.01. The van der Waals surface area contributed by atoms with Crippen LogP contribution in [0.25, 0.3) is 10.9 Å². The highest BCUT2D eigenvalue weighted by Crippen LogP contribution is 2.13. The molecule has 5 heteroatoms. The molecule has 1 heterocycles. The van der Waals surface area contributed by atoms with E-state index in [4.69, 9.17) is 11.5 Å². The molecule has 20 heavy (non-hydrogen) atoms. The summed E-state index contributed by atoms with van der Waals surface area (Å²) in [5.74, 6) is 0.240. The van der Waals surface area contributed by atoms with Crippen LogP contribution >= 0.6 is 0 Å². The minimum atomic E-state index is 0.0659. The molecule has 4 N–H and O–H groups in total. The number of nitrogens with zero attached hydrogens (tertiary/aromatic N) is 2. The van der Waals surface area contributed by atoms with Crippen LogP contribution in [0.2, 0.25) is 0 Å². The molecule has 5 nitrogen and oxygen atoms in total. The van der Waals surface area contributed by atoms with Gasteiger partial charge in [-0.1, -0.05) is 18.2 Å². The Morgan fingerprint density at radius 3 is 2.85 bits per heavy atom. The molecular formula is C15H18N4O. The minimum absolute atomic E-state index is 0.0659. The van der Waals surface area contributed by atoms with Crippen LogP contribution in [0.5, 0.6) is 0 Å². The van der Waals surface area contributed by atoms with Crippen molar-refractivity contribution < 1.29 is 4.79 Å². The number of pyridine rings is 1. The molecule has 2 rings (SSSR count). The topological polar surface area (TPSA) is 94.4 Å². The first kappa shape index (κ1) is 14.0. The molecule has 0 aliphatic carbocycles. The zero-order valence-electron chi connectivity index (χ0n) is 11.2. The van der Waals surface area contributed by atoms with Gasteiger partial charge >= 0.3 is 0 Å². The fourth-order valence-electron chi connectivity index (χ4n) is 2.01. The minimum Gasteiger partial charge on any atom is -0.370 e. The smallest absolute Gasteiger partial charge is 0.185 e. The van der Waals surface area contributed by atoms with Crippen molar-refractivity contribution in [1.82, 2.24) is 4.98 Å². The molecule has 0 aliphatic heterocycles. The summed E-state index contributed by atoms with van der Waals surface area (Å²) in [6.07, 6.45) is 3.30. The number of hydrogen-bond donors (Lipinski definition) is 2. The lowest BCUT2D eigenvalue weighted by molar-refractivity contribution is -0.118. The van der Waals surface area contributed by atoms with Crippen LogP contribution in [-0.2, 0) is 11.2 Å². The average Bonchev–Trinajstić information content (AvgIpc) is 2.43. The molecule has 0 fully saturated rings. The Hall–Kier alpha value is -2.43. The molecule has 0 spiro atoms. The number of carbonyl (C=O) groups excluding carboxylic acids is 1. The lowest BCUT2D eigenvalue weighted by Crippen LogP contribution is -2.23. The van der Waals surface area contributed by atoms with Crippen molar-refractivity contribution in [3.8, 4) is 0 Å². The van der Waals surface area contributed by atoms with E-state index in [1.807, 2.05) is 30.3 Å². The first-order valence-corrected chi connectivity index (χ1v) is 6.56. The number of rotatable bonds is 6. The van der Waals surface area contributed by atoms with Gasteiger partial charge in [-0.25, -0.2) is 0 Å². The van der Waals surface area contributed by atoms with Crippen LogP contribution in [0.3, 0.4) is 0 Å². The van der Waals surface area contributed by atoms with Crippen LogP contribution in [0.1, 0.15) is 18.4 Å². The Morgan fingerprint density at radius 2 is 2.05 bits per heavy atom. The van der Waals surface area contributed by atoms with E-state index in [9.17, 15) is 4.79 Å². The van der Waals surface area contributed by atoms with E-state index < -0.39 is 0 Å². The summed E-state index contributed by atoms with van der Waals surface area (Å²) < 4.78 is 0. The van der Waals surface area contributed by atoms with Crippen molar-refractivity contribution in [3.63, 3.8) is 0 Å². The average molecular weight is 270 g/mol. The number of benzene rings is 1. The van der Waals surface area contributed by atoms with Crippen LogP contribution in [0.15, 0.2) is 41.5 Å². The van der Waals surface area contributed by atoms with Crippen molar-refractivity contribution in [2.75, 3.05) is 6.54 Å². The fraction of sp³-hybridized carbons (Fsp3) is 0.267. The van der Waals surface area contributed by atoms with Gasteiger partial charge < -0.3 is 11.5 Å². The Morgan fingerprint density at radius 1 is 1.25 bits per heavy atom. The molecule has 0 bridgehead atoms. The number of ketones is 1. The van der Waals surface area contributed by atoms with Gasteiger partial charge in [0.15, 0.2) is 5.96 Å². The number of para-hydroxylation sites is 1. The molecule has 104 valence electrons. The SMILES string of the molecule is NC(N)=NCCCC(=O)Cc1cnc2ccccc2c1. The second-order valence-electron chi connectivity index (χ2n) is 4.66. The summed E-state index contributed by atoms with van der Waals surface area (Å²) in [5, 5.41) is 1.05. The van der Waals surface area contributed by atoms with Crippen LogP contribution in [-0.4, -0.2) is 23.3 Å². The third kappa shape index (κ3) is 4.05. The zero-order chi connectivity index (χ0) is 14.4. The number of Topliss-reactive ketones (excluding diaryl/α,β-unsaturated/α-hetero) is 1. The summed E-state index contributed by atoms with van der Waals surface area (Å²) >= 11 is 0. The van der Waals surface area contributed by atoms with E-state index in [0.29, 0.717) is 25.8 Å². The first-order chi connectivity index (χ1) is 9.65. The molecule has 0 aliphatic rings. The maximum absolute atomic E-state index is 11.9. The number of hydrogen-bond acceptors (Lipinski definition) is 3. The van der Waals surface area contributed by atoms with E-state index in [-0.39, 0.29) is 11.7 Å². The molecule has 0 saturated heterocycles. The van der Waals surface area contributed by atoms with E-state index >= 15 is 0 Å². The summed E-state index contributed by atoms with van der Waals surface area (Å²) in [5.41, 5.74) is 12.3. The number of carbonyl (C=O) groups is 1. The predicted molar refractivity (Wildman–Crippen MR) is 80.4 cm³/mol. The monoisotopic (exact) mass is 270 g/mol. The van der Waals surface area contributed by atoms with Gasteiger partial charge in [0, 0.05) is 31.0 Å². The van der Waals surface area contributed by atoms with E-state index in [2.05, 4.69) is 9.98 Å². The largest absolute Gasteiger partial charge is 0.370 e. The van der Waals surface area contributed by atoms with Crippen molar-refractivity contribution in [2.45, 2.75) is 19.3 Å². The second kappa shape index (κ2) is 6.65. The summed E-state index contributed by atoms with van der Waals surface area (Å²) in [4.78, 5) is 20.1. The maximum Gasteiger partial charge on any atom is 0.185 e. The van der Waals surface area contributed by atoms with Gasteiger partial charge in [-0.15, -0.1) is 0 Å². The van der Waals surface area contributed by atoms with Crippen molar-refractivity contribution in [2.24, 2.45) is 16.5 Å². The van der Waals surface area contributed by atoms with E-state index in [1.54, 1.807) is 6.20 Å². The van der Waals surface area contributed by atoms with Gasteiger partial charge in [-0.2, -0.15) is 0 Å². The molecule has 0 unspecified atom stereocenters. The molecule has 2 aromatic rings. The highest BCUT2D eigenvalue weighted by Gasteiger charge is 2.05. The Kier molecular flexibility index (Phi) is 4.65. The van der Waals surface area contributed by atoms with Crippen molar-refractivity contribution in [3.05, 3.63) is 42.1 Å². The maximum atomic E-state index is 11.9. The standard InChI is InChI=1S/C15H18N4O/c16-15(17)18-7-3-5-13(20)9-11-8-12-4-1-2-6-14(12)19-10-11/h1-2,4,6,8,10H,3,5,7,9H2,(H4,16,17,18). The third-order valence-corrected chi connectivity index (χ3v) is 2.96. The van der Waals surface area contributed by atoms with Crippen molar-refractivity contribution in [1.29, 1.82) is 0 Å². The summed E-state index contributed by atoms with van der Waals surface area (Å²) in [7, 11) is 0. The van der Waals surface area contributed by atoms with Gasteiger partial charge in [0.1, 0.15) is 5.78 Å². The number of aliphatic imine (C=N–C) groups is 1. The molecule has 1 aromatic carbocycles. The van der Waals surface area contributed by atoms with Gasteiger partial charge in [-0.3, -0.25) is 14.8 Å². The van der Waals surface area contributed by atoms with Crippen LogP contribution in [0, 0.1) is 0 Å². The normalized spacial score (nSPS) is 10.4. The highest BCUT2D eigenvalue weighted by atomic mass is 16.1. The number of nitrogens with two attached hydrogens (primary N) is 2. The quantitative estimate of drug-likeness (QED) is 0.471. The highest BCUT2D eigenvalue weighted by molar-refractivity contribution is 5.83. The van der Waals surface area contributed by atoms with Gasteiger partial charge in [0.25, 0.3) is 0 Å². The van der Waals surface area contributed by atoms with Gasteiger partial charge in [0.2, 0.25) is 0 Å². The number of guanidine groups is 1. The zero-order valence-corrected chi connectivity index (χ0v) is 11.2. The Labute approximate surface area is 117 Å². The summed E-state index contributed by atoms with van der Waals surface area (Å²) in [6.45, 7) is 0.490. The lowest BCUT2D eigenvalue weighted by atomic mass is 10.1. The van der Waals surface area contributed by atoms with Crippen LogP contribution in [0.4, 0.5) is 0 Å². The second-order valence-corrected chi connectivity index (χ2v) is 4.66. The number of fused-ring (bicyclic) bond motifs is 1. The molecule has 1 aromatic heterocycles. The molecule has 0 atom stereocenters. The van der Waals surface area contributed by atoms with Gasteiger partial charge in [0.05, 0.1) is 5.52 Å². The molecular weight excluding hydrogens is 252 g/mol. The lowest BCUT2D eigenvalue weighted by Gasteiger charge is -2.02. The molecule has 0 saturated carbocycles. The Balaban J connectivity index is 1.91. The van der Waals surface area contributed by atoms with E-state index in [0.717, 1.165) is 16.5 Å². The van der Waals surface area contributed by atoms with Gasteiger partial charge in [-0.05, 0) is 24.1 Å². The van der Waals surface area contributed by atoms with Crippen LogP contribution < -0.4 is 11.5 Å². The molecule has 0 radical (unpaired) electrons. The Bertz CT molecular complexity index is 633. The number of aromatic nitrogens is 1. The third-order valence-electron chi connectivity index (χ3n) is 2.96. The summed E-state index contributed by atoms with van der Waals surface area (Å²) in [6, 6.07) is 9.87. The van der Waals surface area contributed by atoms with Crippen molar-refractivity contribution >= 4 is 22.6 Å². The predicted octanol–water partition coefficient (Wildman–Crippen LogP) is 1.40.